The van der Waals surface area contributed by atoms with Crippen LogP contribution in [0, 0.1) is 53.3 Å². The Hall–Kier alpha value is -2.25. The smallest absolute Gasteiger partial charge is 0.330 e. The van der Waals surface area contributed by atoms with Crippen molar-refractivity contribution in [2.45, 2.75) is 175 Å². The predicted octanol–water partition coefficient (Wildman–Crippen LogP) is 5.88. The van der Waals surface area contributed by atoms with Crippen molar-refractivity contribution in [2.24, 2.45) is 53.3 Å². The van der Waals surface area contributed by atoms with Gasteiger partial charge in [-0.05, 0) is 70.1 Å². The fraction of sp³-hybridized carbons (Fsp3) is 0.800. The lowest BCUT2D eigenvalue weighted by Crippen LogP contribution is -2.62. The Morgan fingerprint density at radius 1 is 0.839 bits per heavy atom. The van der Waals surface area contributed by atoms with Gasteiger partial charge in [0.25, 0.3) is 0 Å². The van der Waals surface area contributed by atoms with Crippen LogP contribution in [-0.2, 0) is 28.6 Å². The number of carbonyl (C=O) groups is 3. The van der Waals surface area contributed by atoms with Crippen molar-refractivity contribution in [1.29, 1.82) is 0 Å². The Labute approximate surface area is 336 Å². The summed E-state index contributed by atoms with van der Waals surface area (Å²) < 4.78 is 20.0. The van der Waals surface area contributed by atoms with Gasteiger partial charge in [-0.15, -0.1) is 0 Å². The van der Waals surface area contributed by atoms with Crippen molar-refractivity contribution in [3.05, 3.63) is 36.5 Å². The van der Waals surface area contributed by atoms with E-state index in [0.717, 1.165) is 19.3 Å². The van der Waals surface area contributed by atoms with Crippen LogP contribution < -0.4 is 0 Å². The Kier molecular flexibility index (Phi) is 17.7. The third-order valence-corrected chi connectivity index (χ3v) is 13.4. The highest BCUT2D eigenvalue weighted by molar-refractivity contribution is 5.91. The molecule has 0 aromatic heterocycles. The van der Waals surface area contributed by atoms with Crippen molar-refractivity contribution < 1.29 is 54.1 Å². The Balaban J connectivity index is 1.99. The van der Waals surface area contributed by atoms with Gasteiger partial charge in [-0.25, -0.2) is 4.79 Å². The largest absolute Gasteiger partial charge is 0.458 e. The summed E-state index contributed by atoms with van der Waals surface area (Å²) in [4.78, 5) is 40.5. The Morgan fingerprint density at radius 2 is 1.48 bits per heavy atom. The maximum absolute atomic E-state index is 13.5. The molecule has 0 unspecified atom stereocenters. The molecule has 2 fully saturated rings. The second kappa shape index (κ2) is 20.6. The number of aliphatic hydroxyl groups excluding tert-OH is 4. The first kappa shape index (κ1) is 48.1. The van der Waals surface area contributed by atoms with E-state index in [4.69, 9.17) is 14.2 Å². The van der Waals surface area contributed by atoms with Crippen LogP contribution >= 0.6 is 0 Å². The predicted molar refractivity (Wildman–Crippen MR) is 215 cm³/mol. The molecule has 56 heavy (non-hydrogen) atoms. The minimum Gasteiger partial charge on any atom is -0.458 e. The topological polar surface area (TPSA) is 180 Å². The van der Waals surface area contributed by atoms with Gasteiger partial charge in [-0.1, -0.05) is 92.7 Å². The molecule has 0 saturated carbocycles. The van der Waals surface area contributed by atoms with E-state index < -0.39 is 89.0 Å². The number of fused-ring (bicyclic) bond motifs is 2. The highest BCUT2D eigenvalue weighted by Crippen LogP contribution is 2.49. The van der Waals surface area contributed by atoms with Crippen molar-refractivity contribution in [3.8, 4) is 0 Å². The summed E-state index contributed by atoms with van der Waals surface area (Å²) in [6.45, 7) is 19.1. The zero-order chi connectivity index (χ0) is 42.3. The summed E-state index contributed by atoms with van der Waals surface area (Å²) in [5.41, 5.74) is -2.18. The molecule has 1 spiro atoms. The fourth-order valence-electron chi connectivity index (χ4n) is 9.01. The van der Waals surface area contributed by atoms with E-state index in [9.17, 15) is 39.9 Å². The van der Waals surface area contributed by atoms with Crippen LogP contribution in [0.25, 0.3) is 0 Å². The summed E-state index contributed by atoms with van der Waals surface area (Å²) in [5, 5.41) is 55.0. The van der Waals surface area contributed by atoms with Crippen LogP contribution in [0.4, 0.5) is 0 Å². The number of aliphatic hydroxyl groups is 5. The molecule has 5 N–H and O–H groups in total. The number of carbonyl (C=O) groups excluding carboxylic acids is 3. The highest BCUT2D eigenvalue weighted by atomic mass is 16.7. The van der Waals surface area contributed by atoms with Gasteiger partial charge in [-0.2, -0.15) is 0 Å². The third-order valence-electron chi connectivity index (χ3n) is 13.4. The minimum absolute atomic E-state index is 0.168. The van der Waals surface area contributed by atoms with Gasteiger partial charge >= 0.3 is 5.97 Å². The van der Waals surface area contributed by atoms with Crippen LogP contribution in [0.1, 0.15) is 121 Å². The van der Waals surface area contributed by atoms with E-state index >= 15 is 0 Å². The van der Waals surface area contributed by atoms with Crippen LogP contribution in [-0.4, -0.2) is 97.2 Å². The molecule has 11 nitrogen and oxygen atoms in total. The van der Waals surface area contributed by atoms with Gasteiger partial charge in [0.1, 0.15) is 17.5 Å². The number of hydrogen-bond acceptors (Lipinski definition) is 11. The normalized spacial score (nSPS) is 46.2. The molecule has 11 heteroatoms. The summed E-state index contributed by atoms with van der Waals surface area (Å²) >= 11 is 0. The lowest BCUT2D eigenvalue weighted by atomic mass is 9.74. The molecule has 2 saturated heterocycles. The zero-order valence-corrected chi connectivity index (χ0v) is 35.8. The first-order valence-corrected chi connectivity index (χ1v) is 21.2. The fourth-order valence-corrected chi connectivity index (χ4v) is 9.01. The quantitative estimate of drug-likeness (QED) is 0.216. The van der Waals surface area contributed by atoms with E-state index in [1.807, 2.05) is 32.1 Å². The van der Waals surface area contributed by atoms with Gasteiger partial charge in [-0.3, -0.25) is 9.59 Å². The van der Waals surface area contributed by atoms with Crippen molar-refractivity contribution in [3.63, 3.8) is 0 Å². The molecule has 320 valence electrons. The Bertz CT molecular complexity index is 1390. The van der Waals surface area contributed by atoms with Gasteiger partial charge in [0.05, 0.1) is 36.6 Å². The summed E-state index contributed by atoms with van der Waals surface area (Å²) in [5.74, 6) is -7.28. The molecular weight excluding hydrogens is 716 g/mol. The molecule has 0 aromatic carbocycles. The standard InChI is InChI=1S/C45H74O11/c1-12-34-17-15-13-14-16-27(4)42(51)44(11,53)43(52)32(9)40(50)31(8)39(49)30(7)38(48)26(3)18-21-37(47)54-41-29(6)35(20-19-34)55-45(33(41)10)23-22-25(2)36(56-45)24-28(5)46/h13-15,17-18,21,25-36,38,40-42,46,48,50-51,53H,12,16,19-20,22-24H2,1-11H3/b14-13+,17-15+,21-18?/t25-,26-,27+,28+,29+,30-,31-,32-,33-,34-,35-,36-,38+,40+,41+,42-,44+,45-/m1/s1. The molecule has 3 aliphatic rings. The molecule has 2 bridgehead atoms. The van der Waals surface area contributed by atoms with Gasteiger partial charge in [0.2, 0.25) is 0 Å². The molecule has 3 aliphatic heterocycles. The number of allylic oxidation sites excluding steroid dienone is 4. The minimum atomic E-state index is -2.18. The van der Waals surface area contributed by atoms with Gasteiger partial charge in [0, 0.05) is 48.0 Å². The molecule has 18 atom stereocenters. The number of ether oxygens (including phenoxy) is 3. The van der Waals surface area contributed by atoms with Crippen molar-refractivity contribution in [1.82, 2.24) is 0 Å². The number of ketones is 2. The number of Topliss-reactive ketones (excluding diaryl/α,β-unsaturated/α-hetero) is 2. The van der Waals surface area contributed by atoms with E-state index in [1.54, 1.807) is 20.8 Å². The van der Waals surface area contributed by atoms with Gasteiger partial charge < -0.3 is 39.7 Å². The van der Waals surface area contributed by atoms with Crippen molar-refractivity contribution in [2.75, 3.05) is 0 Å². The lowest BCUT2D eigenvalue weighted by molar-refractivity contribution is -0.371. The summed E-state index contributed by atoms with van der Waals surface area (Å²) in [7, 11) is 0. The monoisotopic (exact) mass is 791 g/mol. The lowest BCUT2D eigenvalue weighted by Gasteiger charge is -2.55. The maximum Gasteiger partial charge on any atom is 0.330 e. The van der Waals surface area contributed by atoms with Crippen molar-refractivity contribution >= 4 is 17.5 Å². The molecule has 3 rings (SSSR count). The summed E-state index contributed by atoms with van der Waals surface area (Å²) in [6.07, 6.45) is 9.62. The number of rotatable bonds is 3. The molecule has 0 radical (unpaired) electrons. The number of hydrogen-bond donors (Lipinski definition) is 5. The Morgan fingerprint density at radius 3 is 2.11 bits per heavy atom. The average Bonchev–Trinajstić information content (AvgIpc) is 3.16. The van der Waals surface area contributed by atoms with E-state index in [2.05, 4.69) is 19.9 Å². The number of esters is 1. The van der Waals surface area contributed by atoms with E-state index in [0.29, 0.717) is 25.7 Å². The SMILES string of the molecule is CC[C@@H]1/C=C/C=C/C[C@H](C)[C@@H](O)[C@](C)(O)C(=O)[C@H](C)[C@@H](O)[C@H](C)C(=O)[C@H](C)[C@@H](O)[C@H](C)C=CC(=O)O[C@H]2[C@@H](C)[C@@H](CC1)O[C@@]1(CC[C@@H](C)[C@@H](C[C@H](C)O)O1)[C@@H]2C. The zero-order valence-electron chi connectivity index (χ0n) is 35.8. The van der Waals surface area contributed by atoms with Crippen LogP contribution in [0.2, 0.25) is 0 Å². The first-order chi connectivity index (χ1) is 26.1. The van der Waals surface area contributed by atoms with Crippen LogP contribution in [0.3, 0.4) is 0 Å². The molecular formula is C45H74O11. The second-order valence-electron chi connectivity index (χ2n) is 18.0. The second-order valence-corrected chi connectivity index (χ2v) is 18.0. The molecule has 3 heterocycles. The van der Waals surface area contributed by atoms with E-state index in [-0.39, 0.29) is 35.9 Å². The van der Waals surface area contributed by atoms with Crippen LogP contribution in [0.5, 0.6) is 0 Å². The van der Waals surface area contributed by atoms with Gasteiger partial charge in [0.15, 0.2) is 11.6 Å². The third kappa shape index (κ3) is 11.5. The average molecular weight is 791 g/mol. The summed E-state index contributed by atoms with van der Waals surface area (Å²) in [6, 6.07) is 0. The molecule has 0 aromatic rings. The van der Waals surface area contributed by atoms with E-state index in [1.165, 1.54) is 39.8 Å². The maximum atomic E-state index is 13.5. The molecule has 0 aliphatic carbocycles. The molecule has 0 amide bonds. The van der Waals surface area contributed by atoms with Crippen LogP contribution in [0.15, 0.2) is 36.5 Å². The highest BCUT2D eigenvalue weighted by Gasteiger charge is 2.56. The first-order valence-electron chi connectivity index (χ1n) is 21.2.